The summed E-state index contributed by atoms with van der Waals surface area (Å²) in [5.74, 6) is 1.10. The molecule has 0 aliphatic carbocycles. The van der Waals surface area contributed by atoms with E-state index in [0.717, 1.165) is 11.3 Å². The Balaban J connectivity index is 0.00000576. The van der Waals surface area contributed by atoms with Crippen molar-refractivity contribution in [1.82, 2.24) is 15.5 Å². The molecule has 2 N–H and O–H groups in total. The van der Waals surface area contributed by atoms with Crippen molar-refractivity contribution in [2.45, 2.75) is 18.6 Å². The number of benzene rings is 1. The van der Waals surface area contributed by atoms with Crippen LogP contribution in [0.15, 0.2) is 29.3 Å². The van der Waals surface area contributed by atoms with Crippen LogP contribution in [0.2, 0.25) is 0 Å². The first-order chi connectivity index (χ1) is 11.3. The van der Waals surface area contributed by atoms with Crippen LogP contribution in [0.3, 0.4) is 0 Å². The van der Waals surface area contributed by atoms with Gasteiger partial charge in [-0.15, -0.1) is 24.0 Å². The van der Waals surface area contributed by atoms with Crippen LogP contribution in [0.4, 0.5) is 13.2 Å². The fourth-order valence-electron chi connectivity index (χ4n) is 2.25. The summed E-state index contributed by atoms with van der Waals surface area (Å²) in [7, 11) is 6.99. The first kappa shape index (κ1) is 23.8. The number of hydrogen-bond acceptors (Lipinski definition) is 3. The Bertz CT molecular complexity index is 538. The second kappa shape index (κ2) is 11.4. The first-order valence-electron chi connectivity index (χ1n) is 7.59. The normalized spacial score (nSPS) is 13.2. The van der Waals surface area contributed by atoms with Gasteiger partial charge in [0.05, 0.1) is 19.6 Å². The van der Waals surface area contributed by atoms with Gasteiger partial charge in [0, 0.05) is 25.7 Å². The maximum absolute atomic E-state index is 12.2. The summed E-state index contributed by atoms with van der Waals surface area (Å²) in [6, 6.07) is 7.63. The standard InChI is InChI=1S/C16H25F3N4O.HI/c1-20-15(21-10-9-16(17,18)19)22-11-13(23(2)3)12-7-5-6-8-14(12)24-4;/h5-8,13H,9-11H2,1-4H3,(H2,20,21,22);1H. The molecule has 0 saturated carbocycles. The molecule has 0 amide bonds. The second-order valence-electron chi connectivity index (χ2n) is 5.47. The third-order valence-corrected chi connectivity index (χ3v) is 3.51. The number of hydrogen-bond donors (Lipinski definition) is 2. The molecular formula is C16H26F3IN4O. The molecular weight excluding hydrogens is 448 g/mol. The zero-order chi connectivity index (χ0) is 18.2. The lowest BCUT2D eigenvalue weighted by molar-refractivity contribution is -0.132. The van der Waals surface area contributed by atoms with Crippen molar-refractivity contribution in [1.29, 1.82) is 0 Å². The maximum Gasteiger partial charge on any atom is 0.390 e. The molecule has 0 fully saturated rings. The molecule has 0 heterocycles. The minimum atomic E-state index is -4.19. The predicted octanol–water partition coefficient (Wildman–Crippen LogP) is 3.03. The molecule has 1 rings (SSSR count). The van der Waals surface area contributed by atoms with Crippen molar-refractivity contribution in [2.24, 2.45) is 4.99 Å². The second-order valence-corrected chi connectivity index (χ2v) is 5.47. The number of para-hydroxylation sites is 1. The van der Waals surface area contributed by atoms with Gasteiger partial charge in [-0.2, -0.15) is 13.2 Å². The predicted molar refractivity (Wildman–Crippen MR) is 105 cm³/mol. The number of guanidine groups is 1. The molecule has 1 unspecified atom stereocenters. The van der Waals surface area contributed by atoms with Gasteiger partial charge in [-0.25, -0.2) is 0 Å². The maximum atomic E-state index is 12.2. The zero-order valence-electron chi connectivity index (χ0n) is 14.9. The highest BCUT2D eigenvalue weighted by Gasteiger charge is 2.26. The van der Waals surface area contributed by atoms with E-state index in [4.69, 9.17) is 4.74 Å². The van der Waals surface area contributed by atoms with Crippen molar-refractivity contribution in [3.8, 4) is 5.75 Å². The van der Waals surface area contributed by atoms with Crippen molar-refractivity contribution in [3.63, 3.8) is 0 Å². The summed E-state index contributed by atoms with van der Waals surface area (Å²) in [6.07, 6.45) is -5.09. The molecule has 1 aromatic carbocycles. The van der Waals surface area contributed by atoms with Gasteiger partial charge in [0.1, 0.15) is 5.75 Å². The van der Waals surface area contributed by atoms with Crippen molar-refractivity contribution < 1.29 is 17.9 Å². The summed E-state index contributed by atoms with van der Waals surface area (Å²) >= 11 is 0. The van der Waals surface area contributed by atoms with Gasteiger partial charge in [-0.3, -0.25) is 4.99 Å². The lowest BCUT2D eigenvalue weighted by Crippen LogP contribution is -2.42. The van der Waals surface area contributed by atoms with E-state index in [9.17, 15) is 13.2 Å². The Morgan fingerprint density at radius 2 is 1.88 bits per heavy atom. The van der Waals surface area contributed by atoms with Crippen molar-refractivity contribution >= 4 is 29.9 Å². The molecule has 0 spiro atoms. The molecule has 1 atom stereocenters. The van der Waals surface area contributed by atoms with E-state index < -0.39 is 12.6 Å². The monoisotopic (exact) mass is 474 g/mol. The first-order valence-corrected chi connectivity index (χ1v) is 7.59. The quantitative estimate of drug-likeness (QED) is 0.363. The number of methoxy groups -OCH3 is 1. The lowest BCUT2D eigenvalue weighted by Gasteiger charge is -2.27. The van der Waals surface area contributed by atoms with E-state index in [1.165, 1.54) is 7.05 Å². The average molecular weight is 474 g/mol. The van der Waals surface area contributed by atoms with Crippen LogP contribution in [0.25, 0.3) is 0 Å². The number of aliphatic imine (C=N–C) groups is 1. The Labute approximate surface area is 164 Å². The molecule has 144 valence electrons. The molecule has 0 saturated heterocycles. The largest absolute Gasteiger partial charge is 0.496 e. The van der Waals surface area contributed by atoms with Crippen LogP contribution in [-0.4, -0.2) is 58.4 Å². The Hall–Kier alpha value is -1.23. The smallest absolute Gasteiger partial charge is 0.390 e. The zero-order valence-corrected chi connectivity index (χ0v) is 17.2. The van der Waals surface area contributed by atoms with Crippen molar-refractivity contribution in [3.05, 3.63) is 29.8 Å². The third-order valence-electron chi connectivity index (χ3n) is 3.51. The van der Waals surface area contributed by atoms with Crippen molar-refractivity contribution in [2.75, 3.05) is 41.3 Å². The van der Waals surface area contributed by atoms with E-state index in [1.807, 2.05) is 43.3 Å². The molecule has 5 nitrogen and oxygen atoms in total. The molecule has 9 heteroatoms. The minimum absolute atomic E-state index is 0. The topological polar surface area (TPSA) is 48.9 Å². The fourth-order valence-corrected chi connectivity index (χ4v) is 2.25. The summed E-state index contributed by atoms with van der Waals surface area (Å²) in [5.41, 5.74) is 0.989. The SMILES string of the molecule is CN=C(NCCC(F)(F)F)NCC(c1ccccc1OC)N(C)C.I. The summed E-state index contributed by atoms with van der Waals surface area (Å²) in [5, 5.41) is 5.73. The molecule has 0 radical (unpaired) electrons. The van der Waals surface area contributed by atoms with Gasteiger partial charge >= 0.3 is 6.18 Å². The Morgan fingerprint density at radius 3 is 2.40 bits per heavy atom. The van der Waals surface area contributed by atoms with Gasteiger partial charge in [0.2, 0.25) is 0 Å². The average Bonchev–Trinajstić information content (AvgIpc) is 2.52. The number of alkyl halides is 3. The Morgan fingerprint density at radius 1 is 1.24 bits per heavy atom. The van der Waals surface area contributed by atoms with Gasteiger partial charge in [0.25, 0.3) is 0 Å². The highest BCUT2D eigenvalue weighted by Crippen LogP contribution is 2.27. The van der Waals surface area contributed by atoms with Gasteiger partial charge in [-0.05, 0) is 20.2 Å². The van der Waals surface area contributed by atoms with Gasteiger partial charge in [0.15, 0.2) is 5.96 Å². The molecule has 0 aliphatic heterocycles. The third kappa shape index (κ3) is 8.61. The van der Waals surface area contributed by atoms with Crippen LogP contribution in [0, 0.1) is 0 Å². The van der Waals surface area contributed by atoms with Crippen LogP contribution in [0.5, 0.6) is 5.75 Å². The highest BCUT2D eigenvalue weighted by molar-refractivity contribution is 14.0. The van der Waals surface area contributed by atoms with Crippen LogP contribution in [0.1, 0.15) is 18.0 Å². The Kier molecular flexibility index (Phi) is 10.8. The van der Waals surface area contributed by atoms with E-state index >= 15 is 0 Å². The van der Waals surface area contributed by atoms with Crippen LogP contribution >= 0.6 is 24.0 Å². The summed E-state index contributed by atoms with van der Waals surface area (Å²) < 4.78 is 42.0. The van der Waals surface area contributed by atoms with E-state index in [0.29, 0.717) is 12.5 Å². The fraction of sp³-hybridized carbons (Fsp3) is 0.562. The number of likely N-dealkylation sites (N-methyl/N-ethyl adjacent to an activating group) is 1. The van der Waals surface area contributed by atoms with Gasteiger partial charge in [-0.1, -0.05) is 18.2 Å². The highest BCUT2D eigenvalue weighted by atomic mass is 127. The van der Waals surface area contributed by atoms with E-state index in [1.54, 1.807) is 7.11 Å². The molecule has 1 aromatic rings. The van der Waals surface area contributed by atoms with E-state index in [2.05, 4.69) is 15.6 Å². The number of rotatable bonds is 7. The minimum Gasteiger partial charge on any atom is -0.496 e. The molecule has 0 aromatic heterocycles. The summed E-state index contributed by atoms with van der Waals surface area (Å²) in [4.78, 5) is 5.96. The number of nitrogens with zero attached hydrogens (tertiary/aromatic N) is 2. The van der Waals surface area contributed by atoms with E-state index in [-0.39, 0.29) is 36.6 Å². The molecule has 0 aliphatic rings. The lowest BCUT2D eigenvalue weighted by atomic mass is 10.0. The van der Waals surface area contributed by atoms with Crippen LogP contribution < -0.4 is 15.4 Å². The molecule has 0 bridgehead atoms. The number of ether oxygens (including phenoxy) is 1. The van der Waals surface area contributed by atoms with Crippen LogP contribution in [-0.2, 0) is 0 Å². The number of nitrogens with one attached hydrogen (secondary N) is 2. The van der Waals surface area contributed by atoms with Gasteiger partial charge < -0.3 is 20.3 Å². The molecule has 25 heavy (non-hydrogen) atoms. The summed E-state index contributed by atoms with van der Waals surface area (Å²) in [6.45, 7) is 0.253. The number of halogens is 4.